The number of nitrogens with one attached hydrogen (secondary N) is 2. The molecule has 2 amide bonds. The zero-order valence-electron chi connectivity index (χ0n) is 20.1. The SMILES string of the molecule is CC(NC(=O)C(CSCc1ccccc1)NC(=O)OCc1ccccc1)C(=O)OCc1ccccc1. The first-order valence-corrected chi connectivity index (χ1v) is 12.8. The monoisotopic (exact) mass is 506 g/mol. The first-order valence-electron chi connectivity index (χ1n) is 11.6. The van der Waals surface area contributed by atoms with Crippen molar-refractivity contribution in [3.05, 3.63) is 108 Å². The van der Waals surface area contributed by atoms with Gasteiger partial charge in [0.1, 0.15) is 25.3 Å². The third kappa shape index (κ3) is 9.46. The Labute approximate surface area is 215 Å². The molecule has 3 rings (SSSR count). The lowest BCUT2D eigenvalue weighted by molar-refractivity contribution is -0.148. The first kappa shape index (κ1) is 26.8. The van der Waals surface area contributed by atoms with Crippen LogP contribution in [0.2, 0.25) is 0 Å². The van der Waals surface area contributed by atoms with Gasteiger partial charge in [0.2, 0.25) is 5.91 Å². The highest BCUT2D eigenvalue weighted by atomic mass is 32.2. The second-order valence-corrected chi connectivity index (χ2v) is 9.11. The molecule has 36 heavy (non-hydrogen) atoms. The standard InChI is InChI=1S/C28H30N2O5S/c1-21(27(32)34-17-22-11-5-2-6-12-22)29-26(31)25(20-36-19-24-15-9-4-10-16-24)30-28(33)35-18-23-13-7-3-8-14-23/h2-16,21,25H,17-20H2,1H3,(H,29,31)(H,30,33). The van der Waals surface area contributed by atoms with E-state index in [2.05, 4.69) is 10.6 Å². The largest absolute Gasteiger partial charge is 0.459 e. The van der Waals surface area contributed by atoms with Gasteiger partial charge in [-0.05, 0) is 23.6 Å². The molecule has 188 valence electrons. The number of benzene rings is 3. The molecule has 2 unspecified atom stereocenters. The van der Waals surface area contributed by atoms with Gasteiger partial charge in [0, 0.05) is 11.5 Å². The van der Waals surface area contributed by atoms with Crippen molar-refractivity contribution < 1.29 is 23.9 Å². The number of amides is 2. The molecule has 7 nitrogen and oxygen atoms in total. The molecule has 0 heterocycles. The van der Waals surface area contributed by atoms with E-state index in [4.69, 9.17) is 9.47 Å². The molecule has 0 saturated carbocycles. The second-order valence-electron chi connectivity index (χ2n) is 8.08. The van der Waals surface area contributed by atoms with Gasteiger partial charge in [-0.25, -0.2) is 9.59 Å². The number of carbonyl (C=O) groups excluding carboxylic acids is 3. The Morgan fingerprint density at radius 1 is 0.722 bits per heavy atom. The summed E-state index contributed by atoms with van der Waals surface area (Å²) in [6, 6.07) is 26.6. The summed E-state index contributed by atoms with van der Waals surface area (Å²) in [6.07, 6.45) is -0.710. The molecule has 0 saturated heterocycles. The predicted octanol–water partition coefficient (Wildman–Crippen LogP) is 4.46. The molecular weight excluding hydrogens is 476 g/mol. The van der Waals surface area contributed by atoms with Crippen molar-refractivity contribution in [3.63, 3.8) is 0 Å². The maximum absolute atomic E-state index is 13.0. The Bertz CT molecular complexity index is 1100. The fraction of sp³-hybridized carbons (Fsp3) is 0.250. The Hall–Kier alpha value is -3.78. The van der Waals surface area contributed by atoms with Gasteiger partial charge in [0.05, 0.1) is 0 Å². The zero-order valence-corrected chi connectivity index (χ0v) is 20.9. The van der Waals surface area contributed by atoms with Crippen molar-refractivity contribution in [1.29, 1.82) is 0 Å². The van der Waals surface area contributed by atoms with Crippen LogP contribution in [0.15, 0.2) is 91.0 Å². The van der Waals surface area contributed by atoms with E-state index in [0.717, 1.165) is 16.7 Å². The van der Waals surface area contributed by atoms with Gasteiger partial charge in [-0.2, -0.15) is 11.8 Å². The van der Waals surface area contributed by atoms with Crippen LogP contribution < -0.4 is 10.6 Å². The van der Waals surface area contributed by atoms with Gasteiger partial charge in [-0.15, -0.1) is 0 Å². The number of carbonyl (C=O) groups is 3. The van der Waals surface area contributed by atoms with Gasteiger partial charge in [0.25, 0.3) is 0 Å². The van der Waals surface area contributed by atoms with Gasteiger partial charge < -0.3 is 20.1 Å². The Balaban J connectivity index is 1.54. The van der Waals surface area contributed by atoms with Gasteiger partial charge in [-0.3, -0.25) is 4.79 Å². The van der Waals surface area contributed by atoms with Crippen molar-refractivity contribution in [1.82, 2.24) is 10.6 Å². The summed E-state index contributed by atoms with van der Waals surface area (Å²) in [7, 11) is 0. The normalized spacial score (nSPS) is 12.1. The van der Waals surface area contributed by atoms with Crippen LogP contribution in [0.4, 0.5) is 4.79 Å². The highest BCUT2D eigenvalue weighted by molar-refractivity contribution is 7.98. The fourth-order valence-electron chi connectivity index (χ4n) is 3.19. The lowest BCUT2D eigenvalue weighted by Crippen LogP contribution is -2.52. The average molecular weight is 507 g/mol. The van der Waals surface area contributed by atoms with Crippen LogP contribution in [0.25, 0.3) is 0 Å². The molecule has 2 N–H and O–H groups in total. The lowest BCUT2D eigenvalue weighted by Gasteiger charge is -2.20. The summed E-state index contributed by atoms with van der Waals surface area (Å²) in [6.45, 7) is 1.74. The van der Waals surface area contributed by atoms with E-state index in [1.807, 2.05) is 91.0 Å². The van der Waals surface area contributed by atoms with Crippen molar-refractivity contribution >= 4 is 29.7 Å². The average Bonchev–Trinajstić information content (AvgIpc) is 2.91. The molecule has 0 fully saturated rings. The first-order chi connectivity index (χ1) is 17.5. The van der Waals surface area contributed by atoms with Crippen LogP contribution in [-0.2, 0) is 38.0 Å². The third-order valence-corrected chi connectivity index (χ3v) is 6.26. The Morgan fingerprint density at radius 2 is 1.22 bits per heavy atom. The molecule has 3 aromatic carbocycles. The summed E-state index contributed by atoms with van der Waals surface area (Å²) >= 11 is 1.49. The summed E-state index contributed by atoms with van der Waals surface area (Å²) in [5, 5.41) is 5.28. The van der Waals surface area contributed by atoms with Crippen molar-refractivity contribution in [3.8, 4) is 0 Å². The van der Waals surface area contributed by atoms with Crippen LogP contribution in [0.3, 0.4) is 0 Å². The highest BCUT2D eigenvalue weighted by Gasteiger charge is 2.26. The van der Waals surface area contributed by atoms with Crippen LogP contribution in [0.5, 0.6) is 0 Å². The van der Waals surface area contributed by atoms with E-state index in [0.29, 0.717) is 11.5 Å². The summed E-state index contributed by atoms with van der Waals surface area (Å²) in [4.78, 5) is 37.8. The smallest absolute Gasteiger partial charge is 0.408 e. The van der Waals surface area contributed by atoms with E-state index in [-0.39, 0.29) is 13.2 Å². The van der Waals surface area contributed by atoms with Gasteiger partial charge in [-0.1, -0.05) is 91.0 Å². The van der Waals surface area contributed by atoms with E-state index >= 15 is 0 Å². The molecular formula is C28H30N2O5S. The van der Waals surface area contributed by atoms with Crippen LogP contribution in [-0.4, -0.2) is 35.8 Å². The third-order valence-electron chi connectivity index (χ3n) is 5.15. The molecule has 2 atom stereocenters. The minimum atomic E-state index is -0.897. The minimum Gasteiger partial charge on any atom is -0.459 e. The molecule has 0 radical (unpaired) electrons. The zero-order chi connectivity index (χ0) is 25.6. The Kier molecular flexibility index (Phi) is 10.9. The van der Waals surface area contributed by atoms with E-state index in [9.17, 15) is 14.4 Å². The van der Waals surface area contributed by atoms with Crippen molar-refractivity contribution in [2.24, 2.45) is 0 Å². The molecule has 0 aliphatic rings. The quantitative estimate of drug-likeness (QED) is 0.352. The molecule has 0 bridgehead atoms. The summed E-state index contributed by atoms with van der Waals surface area (Å²) in [5.41, 5.74) is 2.79. The topological polar surface area (TPSA) is 93.7 Å². The number of esters is 1. The number of hydrogen-bond donors (Lipinski definition) is 2. The number of rotatable bonds is 12. The second kappa shape index (κ2) is 14.6. The number of alkyl carbamates (subject to hydrolysis) is 1. The lowest BCUT2D eigenvalue weighted by atomic mass is 10.2. The summed E-state index contributed by atoms with van der Waals surface area (Å²) < 4.78 is 10.6. The number of ether oxygens (including phenoxy) is 2. The molecule has 3 aromatic rings. The Morgan fingerprint density at radius 3 is 1.78 bits per heavy atom. The maximum Gasteiger partial charge on any atom is 0.408 e. The molecule has 0 spiro atoms. The van der Waals surface area contributed by atoms with Crippen LogP contribution in [0, 0.1) is 0 Å². The maximum atomic E-state index is 13.0. The van der Waals surface area contributed by atoms with E-state index < -0.39 is 30.1 Å². The molecule has 8 heteroatoms. The van der Waals surface area contributed by atoms with E-state index in [1.165, 1.54) is 11.8 Å². The van der Waals surface area contributed by atoms with Crippen LogP contribution in [0.1, 0.15) is 23.6 Å². The highest BCUT2D eigenvalue weighted by Crippen LogP contribution is 2.13. The molecule has 0 aliphatic heterocycles. The van der Waals surface area contributed by atoms with Gasteiger partial charge >= 0.3 is 12.1 Å². The van der Waals surface area contributed by atoms with Crippen molar-refractivity contribution in [2.75, 3.05) is 5.75 Å². The van der Waals surface area contributed by atoms with Gasteiger partial charge in [0.15, 0.2) is 0 Å². The molecule has 0 aromatic heterocycles. The number of thioether (sulfide) groups is 1. The minimum absolute atomic E-state index is 0.0837. The van der Waals surface area contributed by atoms with Crippen LogP contribution >= 0.6 is 11.8 Å². The fourth-order valence-corrected chi connectivity index (χ4v) is 4.20. The molecule has 0 aliphatic carbocycles. The predicted molar refractivity (Wildman–Crippen MR) is 140 cm³/mol. The van der Waals surface area contributed by atoms with E-state index in [1.54, 1.807) is 6.92 Å². The number of hydrogen-bond acceptors (Lipinski definition) is 6. The summed E-state index contributed by atoms with van der Waals surface area (Å²) in [5.74, 6) is -0.0848. The van der Waals surface area contributed by atoms with Crippen molar-refractivity contribution in [2.45, 2.75) is 38.0 Å².